The van der Waals surface area contributed by atoms with Gasteiger partial charge >= 0.3 is 6.03 Å². The van der Waals surface area contributed by atoms with Crippen molar-refractivity contribution < 1.29 is 23.5 Å². The van der Waals surface area contributed by atoms with Crippen LogP contribution in [-0.4, -0.2) is 62.6 Å². The lowest BCUT2D eigenvalue weighted by atomic mass is 10.1. The van der Waals surface area contributed by atoms with Gasteiger partial charge in [-0.15, -0.1) is 0 Å². The van der Waals surface area contributed by atoms with Crippen molar-refractivity contribution in [1.29, 1.82) is 0 Å². The first-order valence-electron chi connectivity index (χ1n) is 13.3. The molecule has 1 fully saturated rings. The van der Waals surface area contributed by atoms with Gasteiger partial charge in [0.25, 0.3) is 11.8 Å². The van der Waals surface area contributed by atoms with Crippen LogP contribution in [0.4, 0.5) is 20.6 Å². The van der Waals surface area contributed by atoms with Crippen LogP contribution in [0.2, 0.25) is 0 Å². The van der Waals surface area contributed by atoms with E-state index in [1.807, 2.05) is 17.9 Å². The molecule has 4 amide bonds. The first-order valence-corrected chi connectivity index (χ1v) is 13.3. The van der Waals surface area contributed by atoms with E-state index in [0.29, 0.717) is 61.0 Å². The molecule has 40 heavy (non-hydrogen) atoms. The van der Waals surface area contributed by atoms with Gasteiger partial charge in [-0.05, 0) is 73.5 Å². The van der Waals surface area contributed by atoms with Gasteiger partial charge in [0.15, 0.2) is 0 Å². The van der Waals surface area contributed by atoms with Crippen molar-refractivity contribution in [2.75, 3.05) is 50.1 Å². The monoisotopic (exact) mass is 547 g/mol. The van der Waals surface area contributed by atoms with E-state index in [1.54, 1.807) is 55.6 Å². The molecule has 1 aliphatic rings. The average Bonchev–Trinajstić information content (AvgIpc) is 3.23. The second-order valence-corrected chi connectivity index (χ2v) is 9.39. The summed E-state index contributed by atoms with van der Waals surface area (Å²) in [6, 6.07) is 17.8. The third-order valence-electron chi connectivity index (χ3n) is 6.66. The largest absolute Gasteiger partial charge is 0.497 e. The summed E-state index contributed by atoms with van der Waals surface area (Å²) in [5.41, 5.74) is 2.93. The number of anilines is 2. The number of urea groups is 1. The molecule has 0 aromatic heterocycles. The van der Waals surface area contributed by atoms with Crippen LogP contribution in [0.25, 0.3) is 0 Å². The third-order valence-corrected chi connectivity index (χ3v) is 6.66. The van der Waals surface area contributed by atoms with Gasteiger partial charge in [0.1, 0.15) is 11.6 Å². The van der Waals surface area contributed by atoms with Crippen LogP contribution in [0.15, 0.2) is 66.7 Å². The van der Waals surface area contributed by atoms with Gasteiger partial charge in [-0.25, -0.2) is 9.18 Å². The molecule has 0 radical (unpaired) electrons. The van der Waals surface area contributed by atoms with Crippen LogP contribution in [-0.2, 0) is 6.54 Å². The molecule has 4 rings (SSSR count). The highest BCUT2D eigenvalue weighted by atomic mass is 19.1. The quantitative estimate of drug-likeness (QED) is 0.391. The second kappa shape index (κ2) is 13.5. The number of hydrogen-bond donors (Lipinski definition) is 3. The topological polar surface area (TPSA) is 103 Å². The van der Waals surface area contributed by atoms with Crippen LogP contribution in [0.1, 0.15) is 39.6 Å². The predicted molar refractivity (Wildman–Crippen MR) is 152 cm³/mol. The zero-order chi connectivity index (χ0) is 28.5. The lowest BCUT2D eigenvalue weighted by Crippen LogP contribution is -2.36. The molecule has 0 unspecified atom stereocenters. The third kappa shape index (κ3) is 7.28. The number of ether oxygens (including phenoxy) is 1. The normalized spacial score (nSPS) is 13.3. The van der Waals surface area contributed by atoms with E-state index in [1.165, 1.54) is 12.1 Å². The Kier molecular flexibility index (Phi) is 9.56. The molecule has 1 aliphatic heterocycles. The van der Waals surface area contributed by atoms with Crippen molar-refractivity contribution in [2.24, 2.45) is 0 Å². The van der Waals surface area contributed by atoms with Crippen molar-refractivity contribution in [3.63, 3.8) is 0 Å². The molecule has 0 bridgehead atoms. The lowest BCUT2D eigenvalue weighted by molar-refractivity contribution is 0.0766. The molecule has 210 valence electrons. The van der Waals surface area contributed by atoms with Crippen molar-refractivity contribution in [3.05, 3.63) is 89.2 Å². The predicted octanol–water partition coefficient (Wildman–Crippen LogP) is 4.26. The second-order valence-electron chi connectivity index (χ2n) is 9.39. The Bertz CT molecular complexity index is 1330. The highest BCUT2D eigenvalue weighted by molar-refractivity contribution is 6.02. The van der Waals surface area contributed by atoms with Gasteiger partial charge in [-0.1, -0.05) is 12.1 Å². The molecule has 3 aromatic rings. The van der Waals surface area contributed by atoms with E-state index in [4.69, 9.17) is 4.74 Å². The van der Waals surface area contributed by atoms with Gasteiger partial charge in [-0.3, -0.25) is 9.59 Å². The maximum Gasteiger partial charge on any atom is 0.319 e. The highest BCUT2D eigenvalue weighted by Gasteiger charge is 2.24. The van der Waals surface area contributed by atoms with Crippen molar-refractivity contribution >= 4 is 29.2 Å². The van der Waals surface area contributed by atoms with Crippen molar-refractivity contribution in [2.45, 2.75) is 19.9 Å². The minimum atomic E-state index is -0.365. The fraction of sp³-hybridized carbons (Fsp3) is 0.300. The lowest BCUT2D eigenvalue weighted by Gasteiger charge is -2.26. The van der Waals surface area contributed by atoms with E-state index in [9.17, 15) is 18.8 Å². The summed E-state index contributed by atoms with van der Waals surface area (Å²) in [6.07, 6.45) is 0.720. The summed E-state index contributed by atoms with van der Waals surface area (Å²) in [6.45, 7) is 4.76. The van der Waals surface area contributed by atoms with E-state index < -0.39 is 0 Å². The Morgan fingerprint density at radius 1 is 0.900 bits per heavy atom. The summed E-state index contributed by atoms with van der Waals surface area (Å²) in [4.78, 5) is 42.6. The van der Waals surface area contributed by atoms with Gasteiger partial charge in [-0.2, -0.15) is 0 Å². The number of halogens is 1. The van der Waals surface area contributed by atoms with Crippen LogP contribution < -0.4 is 25.6 Å². The molecule has 0 spiro atoms. The number of carbonyl (C=O) groups is 3. The molecular formula is C30H34FN5O4. The number of benzene rings is 3. The first-order chi connectivity index (χ1) is 19.4. The first kappa shape index (κ1) is 28.4. The Hall–Kier alpha value is -4.60. The van der Waals surface area contributed by atoms with E-state index in [0.717, 1.165) is 12.0 Å². The molecule has 10 heteroatoms. The zero-order valence-corrected chi connectivity index (χ0v) is 22.7. The SMILES string of the molecule is CCNC(=O)Nc1ccc(N2CCCN(C(=O)c3ccc(OC)cc3)CC2)c(C(=O)NCc2ccc(F)cc2)c1. The number of amides is 4. The number of rotatable bonds is 8. The molecule has 0 saturated carbocycles. The molecular weight excluding hydrogens is 513 g/mol. The molecule has 1 saturated heterocycles. The number of methoxy groups -OCH3 is 1. The number of nitrogens with one attached hydrogen (secondary N) is 3. The standard InChI is InChI=1S/C30H34FN5O4/c1-3-32-30(39)34-24-11-14-27(26(19-24)28(37)33-20-21-5-9-23(31)10-6-21)35-15-4-16-36(18-17-35)29(38)22-7-12-25(40-2)13-8-22/h5-14,19H,3-4,15-18,20H2,1-2H3,(H,33,37)(H2,32,34,39). The molecule has 1 heterocycles. The van der Waals surface area contributed by atoms with Crippen molar-refractivity contribution in [1.82, 2.24) is 15.5 Å². The fourth-order valence-electron chi connectivity index (χ4n) is 4.56. The van der Waals surface area contributed by atoms with Crippen LogP contribution >= 0.6 is 0 Å². The Morgan fingerprint density at radius 2 is 1.65 bits per heavy atom. The highest BCUT2D eigenvalue weighted by Crippen LogP contribution is 2.26. The summed E-state index contributed by atoms with van der Waals surface area (Å²) in [7, 11) is 1.58. The fourth-order valence-corrected chi connectivity index (χ4v) is 4.56. The summed E-state index contributed by atoms with van der Waals surface area (Å²) < 4.78 is 18.5. The van der Waals surface area contributed by atoms with Crippen LogP contribution in [0.5, 0.6) is 5.75 Å². The van der Waals surface area contributed by atoms with E-state index in [2.05, 4.69) is 20.9 Å². The number of hydrogen-bond acceptors (Lipinski definition) is 5. The molecule has 3 N–H and O–H groups in total. The average molecular weight is 548 g/mol. The Morgan fingerprint density at radius 3 is 2.35 bits per heavy atom. The molecule has 9 nitrogen and oxygen atoms in total. The summed E-state index contributed by atoms with van der Waals surface area (Å²) in [5, 5.41) is 8.34. The van der Waals surface area contributed by atoms with Gasteiger partial charge in [0.2, 0.25) is 0 Å². The van der Waals surface area contributed by atoms with Gasteiger partial charge in [0, 0.05) is 56.2 Å². The minimum Gasteiger partial charge on any atom is -0.497 e. The number of carbonyl (C=O) groups excluding carboxylic acids is 3. The smallest absolute Gasteiger partial charge is 0.319 e. The van der Waals surface area contributed by atoms with Gasteiger partial charge in [0.05, 0.1) is 12.7 Å². The molecule has 0 aliphatic carbocycles. The van der Waals surface area contributed by atoms with E-state index >= 15 is 0 Å². The maximum absolute atomic E-state index is 13.4. The Labute approximate surface area is 233 Å². The van der Waals surface area contributed by atoms with Crippen LogP contribution in [0, 0.1) is 5.82 Å². The minimum absolute atomic E-state index is 0.0525. The van der Waals surface area contributed by atoms with Crippen LogP contribution in [0.3, 0.4) is 0 Å². The summed E-state index contributed by atoms with van der Waals surface area (Å²) >= 11 is 0. The van der Waals surface area contributed by atoms with Crippen molar-refractivity contribution in [3.8, 4) is 5.75 Å². The molecule has 0 atom stereocenters. The van der Waals surface area contributed by atoms with Gasteiger partial charge < -0.3 is 30.5 Å². The summed E-state index contributed by atoms with van der Waals surface area (Å²) in [5.74, 6) is -0.0337. The maximum atomic E-state index is 13.4. The molecule has 3 aromatic carbocycles. The number of nitrogens with zero attached hydrogens (tertiary/aromatic N) is 2. The van der Waals surface area contributed by atoms with E-state index in [-0.39, 0.29) is 30.2 Å². The Balaban J connectivity index is 1.52. The zero-order valence-electron chi connectivity index (χ0n) is 22.7.